The highest BCUT2D eigenvalue weighted by Crippen LogP contribution is 2.19. The molecule has 6 heteroatoms. The molecule has 0 saturated carbocycles. The Morgan fingerprint density at radius 3 is 0.948 bits per heavy atom. The Morgan fingerprint density at radius 1 is 0.351 bits per heavy atom. The van der Waals surface area contributed by atoms with Gasteiger partial charge in [0.25, 0.3) is 0 Å². The molecule has 3 N–H and O–H groups in total. The van der Waals surface area contributed by atoms with Gasteiger partial charge in [-0.3, -0.25) is 9.59 Å². The van der Waals surface area contributed by atoms with E-state index in [0.29, 0.717) is 25.9 Å². The van der Waals surface area contributed by atoms with Crippen molar-refractivity contribution in [2.45, 2.75) is 405 Å². The van der Waals surface area contributed by atoms with E-state index < -0.39 is 12.1 Å². The minimum Gasteiger partial charge on any atom is -0.466 e. The highest BCUT2D eigenvalue weighted by Gasteiger charge is 2.20. The zero-order valence-corrected chi connectivity index (χ0v) is 52.2. The Balaban J connectivity index is 3.35. The Labute approximate surface area is 481 Å². The number of ether oxygens (including phenoxy) is 1. The maximum atomic E-state index is 12.5. The van der Waals surface area contributed by atoms with Crippen molar-refractivity contribution in [3.05, 3.63) is 24.3 Å². The molecular weight excluding hydrogens is 947 g/mol. The number of carbonyl (C=O) groups excluding carboxylic acids is 2. The standard InChI is InChI=1S/C71H137NO5/c1-3-5-7-9-11-13-15-17-18-37-40-43-47-51-55-59-63-69(74)68(67-73)72-70(75)64-60-56-52-48-44-41-38-35-33-31-29-27-25-23-21-19-20-22-24-26-28-30-32-34-36-39-42-46-50-54-58-62-66-77-71(76)65-61-57-53-49-45-16-14-12-10-8-6-4-2/h12,14,22,24,68-69,73-74H,3-11,13,15-21,23,25-67H2,1-2H3,(H,72,75)/b14-12-,24-22-. The van der Waals surface area contributed by atoms with Gasteiger partial charge in [0.15, 0.2) is 0 Å². The third-order valence-corrected chi connectivity index (χ3v) is 16.5. The van der Waals surface area contributed by atoms with E-state index in [0.717, 1.165) is 44.9 Å². The maximum absolute atomic E-state index is 12.5. The number of amides is 1. The molecule has 0 aromatic heterocycles. The fourth-order valence-electron chi connectivity index (χ4n) is 11.1. The fraction of sp³-hybridized carbons (Fsp3) is 0.915. The summed E-state index contributed by atoms with van der Waals surface area (Å²) in [4.78, 5) is 24.5. The molecule has 0 aromatic carbocycles. The SMILES string of the molecule is CCCCC/C=C\CCCCCCCC(=O)OCCCCCCCCCCCCCC/C=C\CCCCCCCCCCCCCCCCCCC(=O)NC(CO)C(O)CCCCCCCCCCCCCCCCCC. The van der Waals surface area contributed by atoms with Gasteiger partial charge >= 0.3 is 5.97 Å². The molecule has 0 rings (SSSR count). The summed E-state index contributed by atoms with van der Waals surface area (Å²) in [6.07, 6.45) is 83.7. The molecule has 6 nitrogen and oxygen atoms in total. The first-order chi connectivity index (χ1) is 38.0. The zero-order valence-electron chi connectivity index (χ0n) is 52.2. The quantitative estimate of drug-likeness (QED) is 0.0320. The van der Waals surface area contributed by atoms with Crippen LogP contribution >= 0.6 is 0 Å². The Bertz CT molecular complexity index is 1200. The van der Waals surface area contributed by atoms with E-state index in [-0.39, 0.29) is 18.5 Å². The molecule has 0 aliphatic rings. The molecular formula is C71H137NO5. The van der Waals surface area contributed by atoms with Crippen LogP contribution < -0.4 is 5.32 Å². The van der Waals surface area contributed by atoms with E-state index >= 15 is 0 Å². The predicted octanol–water partition coefficient (Wildman–Crippen LogP) is 22.5. The largest absolute Gasteiger partial charge is 0.466 e. The van der Waals surface area contributed by atoms with Crippen molar-refractivity contribution in [2.75, 3.05) is 13.2 Å². The third-order valence-electron chi connectivity index (χ3n) is 16.5. The molecule has 77 heavy (non-hydrogen) atoms. The van der Waals surface area contributed by atoms with Crippen LogP contribution in [-0.4, -0.2) is 47.4 Å². The molecule has 1 amide bonds. The number of carbonyl (C=O) groups is 2. The fourth-order valence-corrected chi connectivity index (χ4v) is 11.1. The topological polar surface area (TPSA) is 95.9 Å². The third kappa shape index (κ3) is 63.4. The van der Waals surface area contributed by atoms with Gasteiger partial charge in [0.2, 0.25) is 5.91 Å². The number of esters is 1. The highest BCUT2D eigenvalue weighted by molar-refractivity contribution is 5.76. The molecule has 0 bridgehead atoms. The molecule has 0 radical (unpaired) electrons. The van der Waals surface area contributed by atoms with Crippen LogP contribution in [0.2, 0.25) is 0 Å². The molecule has 0 aliphatic carbocycles. The van der Waals surface area contributed by atoms with Crippen LogP contribution in [0, 0.1) is 0 Å². The molecule has 456 valence electrons. The number of nitrogens with one attached hydrogen (secondary N) is 1. The minimum absolute atomic E-state index is 0.00855. The van der Waals surface area contributed by atoms with Gasteiger partial charge < -0.3 is 20.3 Å². The van der Waals surface area contributed by atoms with E-state index in [1.54, 1.807) is 0 Å². The van der Waals surface area contributed by atoms with Gasteiger partial charge in [-0.05, 0) is 77.0 Å². The second-order valence-electron chi connectivity index (χ2n) is 24.2. The second-order valence-corrected chi connectivity index (χ2v) is 24.2. The van der Waals surface area contributed by atoms with Crippen LogP contribution in [0.5, 0.6) is 0 Å². The number of rotatable bonds is 66. The monoisotopic (exact) mass is 1080 g/mol. The smallest absolute Gasteiger partial charge is 0.305 e. The summed E-state index contributed by atoms with van der Waals surface area (Å²) in [7, 11) is 0. The van der Waals surface area contributed by atoms with Crippen molar-refractivity contribution < 1.29 is 24.5 Å². The minimum atomic E-state index is -0.662. The maximum Gasteiger partial charge on any atom is 0.305 e. The Kier molecular flexibility index (Phi) is 65.4. The summed E-state index contributed by atoms with van der Waals surface area (Å²) in [5.41, 5.74) is 0. The van der Waals surface area contributed by atoms with Crippen molar-refractivity contribution in [2.24, 2.45) is 0 Å². The lowest BCUT2D eigenvalue weighted by molar-refractivity contribution is -0.143. The molecule has 0 heterocycles. The molecule has 0 spiro atoms. The first kappa shape index (κ1) is 75.3. The van der Waals surface area contributed by atoms with E-state index in [2.05, 4.69) is 43.5 Å². The van der Waals surface area contributed by atoms with E-state index in [4.69, 9.17) is 4.74 Å². The lowest BCUT2D eigenvalue weighted by atomic mass is 10.0. The van der Waals surface area contributed by atoms with Crippen molar-refractivity contribution in [3.8, 4) is 0 Å². The lowest BCUT2D eigenvalue weighted by Crippen LogP contribution is -2.45. The predicted molar refractivity (Wildman–Crippen MR) is 338 cm³/mol. The van der Waals surface area contributed by atoms with Crippen molar-refractivity contribution in [1.82, 2.24) is 5.32 Å². The van der Waals surface area contributed by atoms with Gasteiger partial charge in [-0.2, -0.15) is 0 Å². The second kappa shape index (κ2) is 66.8. The summed E-state index contributed by atoms with van der Waals surface area (Å²) in [6.45, 7) is 4.96. The van der Waals surface area contributed by atoms with Gasteiger partial charge in [0, 0.05) is 12.8 Å². The molecule has 0 fully saturated rings. The summed E-state index contributed by atoms with van der Waals surface area (Å²) in [5.74, 6) is -0.0205. The van der Waals surface area contributed by atoms with E-state index in [1.807, 2.05) is 0 Å². The van der Waals surface area contributed by atoms with Gasteiger partial charge in [0.1, 0.15) is 0 Å². The zero-order chi connectivity index (χ0) is 55.7. The average Bonchev–Trinajstić information content (AvgIpc) is 3.43. The number of allylic oxidation sites excluding steroid dienone is 4. The number of hydrogen-bond donors (Lipinski definition) is 3. The van der Waals surface area contributed by atoms with Crippen molar-refractivity contribution >= 4 is 11.9 Å². The average molecular weight is 1080 g/mol. The Morgan fingerprint density at radius 2 is 0.610 bits per heavy atom. The molecule has 2 atom stereocenters. The van der Waals surface area contributed by atoms with Crippen molar-refractivity contribution in [3.63, 3.8) is 0 Å². The van der Waals surface area contributed by atoms with Gasteiger partial charge in [-0.15, -0.1) is 0 Å². The molecule has 2 unspecified atom stereocenters. The molecule has 0 saturated heterocycles. The van der Waals surface area contributed by atoms with Crippen LogP contribution in [0.15, 0.2) is 24.3 Å². The first-order valence-electron chi connectivity index (χ1n) is 35.1. The van der Waals surface area contributed by atoms with Crippen LogP contribution in [0.25, 0.3) is 0 Å². The molecule has 0 aromatic rings. The summed E-state index contributed by atoms with van der Waals surface area (Å²) < 4.78 is 5.47. The summed E-state index contributed by atoms with van der Waals surface area (Å²) in [5, 5.41) is 23.4. The summed E-state index contributed by atoms with van der Waals surface area (Å²) >= 11 is 0. The van der Waals surface area contributed by atoms with E-state index in [9.17, 15) is 19.8 Å². The van der Waals surface area contributed by atoms with Crippen LogP contribution in [0.4, 0.5) is 0 Å². The lowest BCUT2D eigenvalue weighted by Gasteiger charge is -2.22. The number of unbranched alkanes of at least 4 members (excludes halogenated alkanes) is 51. The normalized spacial score (nSPS) is 12.6. The first-order valence-corrected chi connectivity index (χ1v) is 35.1. The van der Waals surface area contributed by atoms with Gasteiger partial charge in [0.05, 0.1) is 25.4 Å². The number of hydrogen-bond acceptors (Lipinski definition) is 5. The van der Waals surface area contributed by atoms with Gasteiger partial charge in [-0.25, -0.2) is 0 Å². The molecule has 0 aliphatic heterocycles. The Hall–Kier alpha value is -1.66. The summed E-state index contributed by atoms with van der Waals surface area (Å²) in [6, 6.07) is -0.539. The number of aliphatic hydroxyl groups is 2. The highest BCUT2D eigenvalue weighted by atomic mass is 16.5. The van der Waals surface area contributed by atoms with Gasteiger partial charge in [-0.1, -0.05) is 327 Å². The van der Waals surface area contributed by atoms with Crippen molar-refractivity contribution in [1.29, 1.82) is 0 Å². The number of aliphatic hydroxyl groups excluding tert-OH is 2. The van der Waals surface area contributed by atoms with Crippen LogP contribution in [0.3, 0.4) is 0 Å². The van der Waals surface area contributed by atoms with Crippen LogP contribution in [0.1, 0.15) is 393 Å². The van der Waals surface area contributed by atoms with Crippen LogP contribution in [-0.2, 0) is 14.3 Å². The van der Waals surface area contributed by atoms with E-state index in [1.165, 1.54) is 315 Å².